The molecule has 2 aromatic rings. The van der Waals surface area contributed by atoms with Crippen molar-refractivity contribution in [3.8, 4) is 0 Å². The first-order valence-corrected chi connectivity index (χ1v) is 7.32. The summed E-state index contributed by atoms with van der Waals surface area (Å²) in [5.41, 5.74) is 0.0440. The van der Waals surface area contributed by atoms with Crippen molar-refractivity contribution < 1.29 is 19.2 Å². The van der Waals surface area contributed by atoms with E-state index in [1.165, 1.54) is 18.2 Å². The minimum atomic E-state index is -0.685. The van der Waals surface area contributed by atoms with Gasteiger partial charge in [-0.05, 0) is 37.3 Å². The van der Waals surface area contributed by atoms with Crippen molar-refractivity contribution in [2.45, 2.75) is 6.92 Å². The summed E-state index contributed by atoms with van der Waals surface area (Å²) in [5, 5.41) is 13.7. The molecule has 0 aromatic heterocycles. The highest BCUT2D eigenvalue weighted by atomic mass is 35.5. The number of hydrogen-bond donors (Lipinski definition) is 1. The van der Waals surface area contributed by atoms with Crippen LogP contribution >= 0.6 is 11.6 Å². The fourth-order valence-corrected chi connectivity index (χ4v) is 2.15. The highest BCUT2D eigenvalue weighted by Crippen LogP contribution is 2.24. The van der Waals surface area contributed by atoms with E-state index in [0.29, 0.717) is 5.69 Å². The molecule has 0 fully saturated rings. The highest BCUT2D eigenvalue weighted by molar-refractivity contribution is 6.31. The summed E-state index contributed by atoms with van der Waals surface area (Å²) >= 11 is 5.72. The molecule has 8 heteroatoms. The van der Waals surface area contributed by atoms with Crippen LogP contribution in [0.1, 0.15) is 27.6 Å². The Balaban J connectivity index is 2.26. The Bertz CT molecular complexity index is 807. The molecule has 0 aliphatic rings. The van der Waals surface area contributed by atoms with Crippen molar-refractivity contribution in [3.05, 3.63) is 68.7 Å². The number of halogens is 1. The monoisotopic (exact) mass is 348 g/mol. The quantitative estimate of drug-likeness (QED) is 0.505. The van der Waals surface area contributed by atoms with E-state index in [1.807, 2.05) is 0 Å². The SMILES string of the molecule is CCOC(=O)c1cccc(NC(=O)c2ccc(Cl)cc2[N+](=O)[O-])c1. The Morgan fingerprint density at radius 1 is 1.25 bits per heavy atom. The normalized spacial score (nSPS) is 10.1. The number of nitro groups is 1. The number of carbonyl (C=O) groups is 2. The Morgan fingerprint density at radius 3 is 2.67 bits per heavy atom. The molecule has 0 saturated heterocycles. The van der Waals surface area contributed by atoms with E-state index in [4.69, 9.17) is 16.3 Å². The number of nitrogens with zero attached hydrogens (tertiary/aromatic N) is 1. The molecule has 0 saturated carbocycles. The minimum absolute atomic E-state index is 0.133. The number of hydrogen-bond acceptors (Lipinski definition) is 5. The van der Waals surface area contributed by atoms with Gasteiger partial charge in [-0.15, -0.1) is 0 Å². The highest BCUT2D eigenvalue weighted by Gasteiger charge is 2.21. The molecule has 2 aromatic carbocycles. The van der Waals surface area contributed by atoms with Crippen LogP contribution in [0.15, 0.2) is 42.5 Å². The molecule has 0 unspecified atom stereocenters. The summed E-state index contributed by atoms with van der Waals surface area (Å²) < 4.78 is 4.88. The fourth-order valence-electron chi connectivity index (χ4n) is 1.98. The molecule has 24 heavy (non-hydrogen) atoms. The van der Waals surface area contributed by atoms with Crippen molar-refractivity contribution in [2.24, 2.45) is 0 Å². The second-order valence-electron chi connectivity index (χ2n) is 4.67. The second-order valence-corrected chi connectivity index (χ2v) is 5.11. The molecule has 0 spiro atoms. The maximum atomic E-state index is 12.3. The van der Waals surface area contributed by atoms with Crippen LogP contribution in [0, 0.1) is 10.1 Å². The summed E-state index contributed by atoms with van der Waals surface area (Å²) in [6, 6.07) is 9.85. The number of rotatable bonds is 5. The first-order valence-electron chi connectivity index (χ1n) is 6.95. The maximum absolute atomic E-state index is 12.3. The minimum Gasteiger partial charge on any atom is -0.462 e. The number of carbonyl (C=O) groups excluding carboxylic acids is 2. The van der Waals surface area contributed by atoms with Gasteiger partial charge in [0.15, 0.2) is 0 Å². The smallest absolute Gasteiger partial charge is 0.338 e. The summed E-state index contributed by atoms with van der Waals surface area (Å²) in [6.45, 7) is 1.91. The van der Waals surface area contributed by atoms with Crippen LogP contribution in [0.3, 0.4) is 0 Å². The van der Waals surface area contributed by atoms with Gasteiger partial charge >= 0.3 is 5.97 Å². The number of esters is 1. The number of benzene rings is 2. The molecule has 0 aliphatic carbocycles. The van der Waals surface area contributed by atoms with Crippen molar-refractivity contribution >= 4 is 34.9 Å². The van der Waals surface area contributed by atoms with Gasteiger partial charge in [0, 0.05) is 16.8 Å². The third kappa shape index (κ3) is 4.08. The van der Waals surface area contributed by atoms with Gasteiger partial charge in [-0.2, -0.15) is 0 Å². The Labute approximate surface area is 142 Å². The number of nitro benzene ring substituents is 1. The van der Waals surface area contributed by atoms with E-state index in [0.717, 1.165) is 6.07 Å². The predicted octanol–water partition coefficient (Wildman–Crippen LogP) is 3.68. The van der Waals surface area contributed by atoms with Gasteiger partial charge in [0.2, 0.25) is 0 Å². The van der Waals surface area contributed by atoms with Gasteiger partial charge in [-0.1, -0.05) is 17.7 Å². The molecule has 0 aliphatic heterocycles. The largest absolute Gasteiger partial charge is 0.462 e. The molecule has 0 atom stereocenters. The molecule has 1 N–H and O–H groups in total. The van der Waals surface area contributed by atoms with Crippen molar-refractivity contribution in [3.63, 3.8) is 0 Å². The number of anilines is 1. The third-order valence-corrected chi connectivity index (χ3v) is 3.27. The average Bonchev–Trinajstić information content (AvgIpc) is 2.55. The van der Waals surface area contributed by atoms with E-state index in [1.54, 1.807) is 25.1 Å². The van der Waals surface area contributed by atoms with Gasteiger partial charge in [0.05, 0.1) is 17.1 Å². The van der Waals surface area contributed by atoms with Crippen LogP contribution in [-0.4, -0.2) is 23.4 Å². The number of ether oxygens (including phenoxy) is 1. The predicted molar refractivity (Wildman–Crippen MR) is 88.5 cm³/mol. The van der Waals surface area contributed by atoms with Crippen LogP contribution in [-0.2, 0) is 4.74 Å². The van der Waals surface area contributed by atoms with E-state index in [2.05, 4.69) is 5.32 Å². The van der Waals surface area contributed by atoms with Crippen LogP contribution < -0.4 is 5.32 Å². The molecule has 124 valence electrons. The lowest BCUT2D eigenvalue weighted by atomic mass is 10.1. The summed E-state index contributed by atoms with van der Waals surface area (Å²) in [4.78, 5) is 34.3. The summed E-state index contributed by atoms with van der Waals surface area (Å²) in [5.74, 6) is -1.20. The van der Waals surface area contributed by atoms with Gasteiger partial charge < -0.3 is 10.1 Å². The summed E-state index contributed by atoms with van der Waals surface area (Å²) in [6.07, 6.45) is 0. The van der Waals surface area contributed by atoms with Crippen molar-refractivity contribution in [1.29, 1.82) is 0 Å². The fraction of sp³-hybridized carbons (Fsp3) is 0.125. The Morgan fingerprint density at radius 2 is 2.00 bits per heavy atom. The Kier molecular flexibility index (Phi) is 5.49. The van der Waals surface area contributed by atoms with E-state index < -0.39 is 22.5 Å². The molecule has 1 amide bonds. The van der Waals surface area contributed by atoms with Crippen molar-refractivity contribution in [1.82, 2.24) is 0 Å². The third-order valence-electron chi connectivity index (χ3n) is 3.03. The van der Waals surface area contributed by atoms with Crippen LogP contribution in [0.2, 0.25) is 5.02 Å². The van der Waals surface area contributed by atoms with Gasteiger partial charge in [-0.25, -0.2) is 4.79 Å². The summed E-state index contributed by atoms with van der Waals surface area (Å²) in [7, 11) is 0. The molecule has 7 nitrogen and oxygen atoms in total. The van der Waals surface area contributed by atoms with Gasteiger partial charge in [-0.3, -0.25) is 14.9 Å². The number of nitrogens with one attached hydrogen (secondary N) is 1. The zero-order valence-corrected chi connectivity index (χ0v) is 13.4. The lowest BCUT2D eigenvalue weighted by Gasteiger charge is -2.08. The zero-order chi connectivity index (χ0) is 17.7. The molecular formula is C16H13ClN2O5. The Hall–Kier alpha value is -2.93. The molecular weight excluding hydrogens is 336 g/mol. The van der Waals surface area contributed by atoms with Gasteiger partial charge in [0.1, 0.15) is 5.56 Å². The van der Waals surface area contributed by atoms with Crippen LogP contribution in [0.5, 0.6) is 0 Å². The zero-order valence-electron chi connectivity index (χ0n) is 12.6. The average molecular weight is 349 g/mol. The van der Waals surface area contributed by atoms with Crippen LogP contribution in [0.4, 0.5) is 11.4 Å². The van der Waals surface area contributed by atoms with Crippen molar-refractivity contribution in [2.75, 3.05) is 11.9 Å². The van der Waals surface area contributed by atoms with Gasteiger partial charge in [0.25, 0.3) is 11.6 Å². The van der Waals surface area contributed by atoms with E-state index in [9.17, 15) is 19.7 Å². The topological polar surface area (TPSA) is 98.5 Å². The van der Waals surface area contributed by atoms with E-state index >= 15 is 0 Å². The molecule has 0 bridgehead atoms. The lowest BCUT2D eigenvalue weighted by Crippen LogP contribution is -2.14. The first-order chi connectivity index (χ1) is 11.4. The molecule has 0 radical (unpaired) electrons. The van der Waals surface area contributed by atoms with Crippen LogP contribution in [0.25, 0.3) is 0 Å². The van der Waals surface area contributed by atoms with E-state index in [-0.39, 0.29) is 22.8 Å². The molecule has 0 heterocycles. The standard InChI is InChI=1S/C16H13ClN2O5/c1-2-24-16(21)10-4-3-5-12(8-10)18-15(20)13-7-6-11(17)9-14(13)19(22)23/h3-9H,2H2,1H3,(H,18,20). The molecule has 2 rings (SSSR count). The number of amides is 1. The first kappa shape index (κ1) is 17.4. The second kappa shape index (κ2) is 7.56. The maximum Gasteiger partial charge on any atom is 0.338 e. The lowest BCUT2D eigenvalue weighted by molar-refractivity contribution is -0.385.